The van der Waals surface area contributed by atoms with E-state index in [2.05, 4.69) is 4.90 Å². The van der Waals surface area contributed by atoms with Crippen molar-refractivity contribution in [1.82, 2.24) is 4.90 Å². The highest BCUT2D eigenvalue weighted by Crippen LogP contribution is 2.38. The zero-order valence-electron chi connectivity index (χ0n) is 13.0. The average molecular weight is 322 g/mol. The van der Waals surface area contributed by atoms with Gasteiger partial charge < -0.3 is 15.6 Å². The third-order valence-electron chi connectivity index (χ3n) is 5.00. The smallest absolute Gasteiger partial charge is 0.404 e. The first-order valence-corrected chi connectivity index (χ1v) is 8.16. The summed E-state index contributed by atoms with van der Waals surface area (Å²) in [5.74, 6) is -0.0145. The van der Waals surface area contributed by atoms with Crippen LogP contribution in [0, 0.1) is 5.82 Å². The minimum atomic E-state index is -0.743. The first-order chi connectivity index (χ1) is 11.0. The summed E-state index contributed by atoms with van der Waals surface area (Å²) in [7, 11) is 0. The van der Waals surface area contributed by atoms with Crippen LogP contribution in [0.15, 0.2) is 24.3 Å². The van der Waals surface area contributed by atoms with Gasteiger partial charge in [0.2, 0.25) is 0 Å². The van der Waals surface area contributed by atoms with Crippen LogP contribution in [0.4, 0.5) is 9.18 Å². The number of ether oxygens (including phenoxy) is 1. The topological polar surface area (TPSA) is 75.8 Å². The first-order valence-electron chi connectivity index (χ1n) is 8.16. The molecule has 0 bridgehead atoms. The van der Waals surface area contributed by atoms with Gasteiger partial charge in [0.1, 0.15) is 11.9 Å². The molecule has 1 aliphatic carbocycles. The number of likely N-dealkylation sites (tertiary alicyclic amines) is 1. The Morgan fingerprint density at radius 2 is 2.04 bits per heavy atom. The number of halogens is 1. The maximum Gasteiger partial charge on any atom is 0.404 e. The Labute approximate surface area is 135 Å². The van der Waals surface area contributed by atoms with Gasteiger partial charge in [-0.1, -0.05) is 12.1 Å². The number of carbonyl (C=O) groups is 1. The number of rotatable bonds is 3. The van der Waals surface area contributed by atoms with E-state index in [9.17, 15) is 14.3 Å². The fraction of sp³-hybridized carbons (Fsp3) is 0.588. The van der Waals surface area contributed by atoms with Crippen LogP contribution >= 0.6 is 0 Å². The van der Waals surface area contributed by atoms with E-state index >= 15 is 0 Å². The molecule has 1 saturated carbocycles. The predicted molar refractivity (Wildman–Crippen MR) is 83.4 cm³/mol. The van der Waals surface area contributed by atoms with E-state index in [0.29, 0.717) is 13.0 Å². The van der Waals surface area contributed by atoms with Gasteiger partial charge in [-0.25, -0.2) is 9.18 Å². The number of hydrogen-bond acceptors (Lipinski definition) is 4. The van der Waals surface area contributed by atoms with Crippen LogP contribution in [-0.2, 0) is 4.74 Å². The Kier molecular flexibility index (Phi) is 4.82. The monoisotopic (exact) mass is 322 g/mol. The van der Waals surface area contributed by atoms with Crippen molar-refractivity contribution in [3.05, 3.63) is 35.6 Å². The standard InChI is InChI=1S/C17H23FN2O3/c18-13-5-3-11(4-6-13)12-8-15(16(21)9-12)20-7-1-2-14(10-20)23-17(19)22/h3-6,12,14-16,21H,1-2,7-10H2,(H2,19,22)/t12?,14-,15?,16?/m1/s1. The summed E-state index contributed by atoms with van der Waals surface area (Å²) in [6, 6.07) is 6.57. The summed E-state index contributed by atoms with van der Waals surface area (Å²) < 4.78 is 18.2. The van der Waals surface area contributed by atoms with Crippen molar-refractivity contribution in [2.45, 2.75) is 49.9 Å². The molecule has 1 saturated heterocycles. The van der Waals surface area contributed by atoms with Gasteiger partial charge in [-0.3, -0.25) is 4.90 Å². The molecule has 23 heavy (non-hydrogen) atoms. The van der Waals surface area contributed by atoms with Crippen LogP contribution in [0.25, 0.3) is 0 Å². The molecule has 1 aromatic carbocycles. The number of hydrogen-bond donors (Lipinski definition) is 2. The molecule has 126 valence electrons. The molecule has 3 N–H and O–H groups in total. The summed E-state index contributed by atoms with van der Waals surface area (Å²) in [5, 5.41) is 10.4. The molecule has 6 heteroatoms. The number of nitrogens with zero attached hydrogens (tertiary/aromatic N) is 1. The Hall–Kier alpha value is -1.66. The molecule has 5 nitrogen and oxygen atoms in total. The number of benzene rings is 1. The van der Waals surface area contributed by atoms with Crippen molar-refractivity contribution in [2.24, 2.45) is 5.73 Å². The van der Waals surface area contributed by atoms with Crippen molar-refractivity contribution < 1.29 is 19.0 Å². The number of amides is 1. The number of primary amides is 1. The molecule has 2 fully saturated rings. The van der Waals surface area contributed by atoms with Crippen LogP contribution < -0.4 is 5.73 Å². The fourth-order valence-electron chi connectivity index (χ4n) is 3.92. The van der Waals surface area contributed by atoms with Gasteiger partial charge in [0, 0.05) is 12.6 Å². The molecule has 1 heterocycles. The van der Waals surface area contributed by atoms with Gasteiger partial charge in [-0.2, -0.15) is 0 Å². The van der Waals surface area contributed by atoms with Crippen molar-refractivity contribution >= 4 is 6.09 Å². The van der Waals surface area contributed by atoms with Gasteiger partial charge in [-0.05, 0) is 55.8 Å². The second-order valence-corrected chi connectivity index (χ2v) is 6.55. The molecule has 2 aliphatic rings. The number of carbonyl (C=O) groups excluding carboxylic acids is 1. The highest BCUT2D eigenvalue weighted by atomic mass is 19.1. The summed E-state index contributed by atoms with van der Waals surface area (Å²) in [6.45, 7) is 1.50. The van der Waals surface area contributed by atoms with Crippen LogP contribution in [0.2, 0.25) is 0 Å². The summed E-state index contributed by atoms with van der Waals surface area (Å²) in [4.78, 5) is 13.1. The first kappa shape index (κ1) is 16.2. The molecular weight excluding hydrogens is 299 g/mol. The predicted octanol–water partition coefficient (Wildman–Crippen LogP) is 1.99. The van der Waals surface area contributed by atoms with Crippen molar-refractivity contribution in [3.63, 3.8) is 0 Å². The van der Waals surface area contributed by atoms with Crippen LogP contribution in [-0.4, -0.2) is 47.4 Å². The Morgan fingerprint density at radius 3 is 2.74 bits per heavy atom. The second kappa shape index (κ2) is 6.84. The van der Waals surface area contributed by atoms with Crippen LogP contribution in [0.5, 0.6) is 0 Å². The summed E-state index contributed by atoms with van der Waals surface area (Å²) >= 11 is 0. The van der Waals surface area contributed by atoms with Crippen LogP contribution in [0.3, 0.4) is 0 Å². The highest BCUT2D eigenvalue weighted by molar-refractivity contribution is 5.64. The third-order valence-corrected chi connectivity index (χ3v) is 5.00. The molecule has 1 aliphatic heterocycles. The zero-order valence-corrected chi connectivity index (χ0v) is 13.0. The summed E-state index contributed by atoms with van der Waals surface area (Å²) in [6.07, 6.45) is 1.87. The molecule has 1 aromatic rings. The molecule has 4 atom stereocenters. The zero-order chi connectivity index (χ0) is 16.4. The minimum Gasteiger partial charge on any atom is -0.445 e. The number of nitrogens with two attached hydrogens (primary N) is 1. The lowest BCUT2D eigenvalue weighted by atomic mass is 9.97. The van der Waals surface area contributed by atoms with Crippen molar-refractivity contribution in [3.8, 4) is 0 Å². The Bertz CT molecular complexity index is 551. The lowest BCUT2D eigenvalue weighted by Gasteiger charge is -2.37. The van der Waals surface area contributed by atoms with Gasteiger partial charge in [0.25, 0.3) is 0 Å². The molecule has 3 rings (SSSR count). The molecule has 1 amide bonds. The lowest BCUT2D eigenvalue weighted by Crippen LogP contribution is -2.49. The maximum atomic E-state index is 13.1. The number of piperidine rings is 1. The van der Waals surface area contributed by atoms with E-state index in [1.807, 2.05) is 0 Å². The largest absolute Gasteiger partial charge is 0.445 e. The fourth-order valence-corrected chi connectivity index (χ4v) is 3.92. The third kappa shape index (κ3) is 3.82. The molecule has 3 unspecified atom stereocenters. The van der Waals surface area contributed by atoms with E-state index in [0.717, 1.165) is 31.4 Å². The van der Waals surface area contributed by atoms with Crippen molar-refractivity contribution in [1.29, 1.82) is 0 Å². The van der Waals surface area contributed by atoms with E-state index in [-0.39, 0.29) is 23.9 Å². The maximum absolute atomic E-state index is 13.1. The normalized spacial score (nSPS) is 31.9. The van der Waals surface area contributed by atoms with Crippen LogP contribution in [0.1, 0.15) is 37.2 Å². The van der Waals surface area contributed by atoms with Gasteiger partial charge in [0.05, 0.1) is 6.10 Å². The molecule has 0 radical (unpaired) electrons. The quantitative estimate of drug-likeness (QED) is 0.892. The molecule has 0 aromatic heterocycles. The van der Waals surface area contributed by atoms with E-state index in [1.54, 1.807) is 12.1 Å². The number of aliphatic hydroxyl groups excluding tert-OH is 1. The second-order valence-electron chi connectivity index (χ2n) is 6.55. The molecule has 0 spiro atoms. The van der Waals surface area contributed by atoms with E-state index in [4.69, 9.17) is 10.5 Å². The van der Waals surface area contributed by atoms with Gasteiger partial charge >= 0.3 is 6.09 Å². The van der Waals surface area contributed by atoms with Gasteiger partial charge in [0.15, 0.2) is 0 Å². The van der Waals surface area contributed by atoms with E-state index in [1.165, 1.54) is 12.1 Å². The SMILES string of the molecule is NC(=O)O[C@@H]1CCCN(C2CC(c3ccc(F)cc3)CC2O)C1. The highest BCUT2D eigenvalue weighted by Gasteiger charge is 2.39. The Balaban J connectivity index is 1.64. The average Bonchev–Trinajstić information content (AvgIpc) is 2.89. The lowest BCUT2D eigenvalue weighted by molar-refractivity contribution is 0.00229. The Morgan fingerprint density at radius 1 is 1.30 bits per heavy atom. The van der Waals surface area contributed by atoms with Gasteiger partial charge in [-0.15, -0.1) is 0 Å². The molecular formula is C17H23FN2O3. The summed E-state index contributed by atoms with van der Waals surface area (Å²) in [5.41, 5.74) is 6.16. The minimum absolute atomic E-state index is 0.0457. The number of aliphatic hydroxyl groups is 1. The van der Waals surface area contributed by atoms with E-state index < -0.39 is 12.2 Å². The van der Waals surface area contributed by atoms with Crippen molar-refractivity contribution in [2.75, 3.05) is 13.1 Å².